The van der Waals surface area contributed by atoms with Crippen LogP contribution in [-0.2, 0) is 11.3 Å². The Hall–Kier alpha value is -1.95. The van der Waals surface area contributed by atoms with E-state index in [1.807, 2.05) is 0 Å². The lowest BCUT2D eigenvalue weighted by Gasteiger charge is -2.08. The number of halogens is 3. The molecule has 104 valence electrons. The van der Waals surface area contributed by atoms with Gasteiger partial charge in [0.25, 0.3) is 0 Å². The third-order valence-corrected chi connectivity index (χ3v) is 3.36. The highest BCUT2D eigenvalue weighted by atomic mass is 79.9. The molecule has 3 nitrogen and oxygen atoms in total. The van der Waals surface area contributed by atoms with Crippen LogP contribution in [0.4, 0.5) is 14.5 Å². The fourth-order valence-corrected chi connectivity index (χ4v) is 1.81. The Bertz CT molecular complexity index is 641. The lowest BCUT2D eigenvalue weighted by atomic mass is 10.2. The molecule has 0 aromatic heterocycles. The van der Waals surface area contributed by atoms with Gasteiger partial charge in [-0.2, -0.15) is 0 Å². The predicted octanol–water partition coefficient (Wildman–Crippen LogP) is 3.67. The number of rotatable bonds is 3. The number of esters is 1. The summed E-state index contributed by atoms with van der Waals surface area (Å²) in [5.41, 5.74) is 5.94. The first-order chi connectivity index (χ1) is 9.49. The molecule has 2 N–H and O–H groups in total. The van der Waals surface area contributed by atoms with E-state index in [2.05, 4.69) is 15.9 Å². The van der Waals surface area contributed by atoms with Gasteiger partial charge in [0.15, 0.2) is 0 Å². The van der Waals surface area contributed by atoms with Gasteiger partial charge < -0.3 is 10.5 Å². The predicted molar refractivity (Wildman–Crippen MR) is 74.0 cm³/mol. The van der Waals surface area contributed by atoms with Gasteiger partial charge >= 0.3 is 5.97 Å². The maximum absolute atomic E-state index is 13.4. The summed E-state index contributed by atoms with van der Waals surface area (Å²) in [6, 6.07) is 7.96. The second kappa shape index (κ2) is 6.00. The Balaban J connectivity index is 2.11. The van der Waals surface area contributed by atoms with Crippen molar-refractivity contribution in [2.75, 3.05) is 5.73 Å². The van der Waals surface area contributed by atoms with Gasteiger partial charge in [0.2, 0.25) is 0 Å². The quantitative estimate of drug-likeness (QED) is 0.684. The van der Waals surface area contributed by atoms with Gasteiger partial charge in [0, 0.05) is 10.2 Å². The number of ether oxygens (including phenoxy) is 1. The smallest absolute Gasteiger partial charge is 0.338 e. The zero-order valence-corrected chi connectivity index (χ0v) is 11.8. The Labute approximate surface area is 122 Å². The molecule has 2 aromatic rings. The average molecular weight is 342 g/mol. The van der Waals surface area contributed by atoms with Crippen molar-refractivity contribution in [3.8, 4) is 0 Å². The molecule has 0 fully saturated rings. The van der Waals surface area contributed by atoms with E-state index < -0.39 is 24.2 Å². The first kappa shape index (κ1) is 14.5. The normalized spacial score (nSPS) is 10.3. The summed E-state index contributed by atoms with van der Waals surface area (Å²) in [6.07, 6.45) is 0. The second-order valence-corrected chi connectivity index (χ2v) is 4.87. The summed E-state index contributed by atoms with van der Waals surface area (Å²) in [7, 11) is 0. The number of anilines is 1. The van der Waals surface area contributed by atoms with Crippen molar-refractivity contribution in [1.29, 1.82) is 0 Å². The van der Waals surface area contributed by atoms with Crippen LogP contribution in [-0.4, -0.2) is 5.97 Å². The number of benzene rings is 2. The molecule has 0 spiro atoms. The van der Waals surface area contributed by atoms with Crippen molar-refractivity contribution in [3.05, 3.63) is 63.6 Å². The van der Waals surface area contributed by atoms with Crippen LogP contribution in [0.2, 0.25) is 0 Å². The highest BCUT2D eigenvalue weighted by molar-refractivity contribution is 9.10. The van der Waals surface area contributed by atoms with Crippen LogP contribution in [0.25, 0.3) is 0 Å². The van der Waals surface area contributed by atoms with Crippen LogP contribution < -0.4 is 5.73 Å². The fraction of sp³-hybridized carbons (Fsp3) is 0.0714. The van der Waals surface area contributed by atoms with Crippen LogP contribution in [0, 0.1) is 11.6 Å². The molecule has 0 saturated carbocycles. The number of carbonyl (C=O) groups excluding carboxylic acids is 1. The lowest BCUT2D eigenvalue weighted by Crippen LogP contribution is -2.08. The lowest BCUT2D eigenvalue weighted by molar-refractivity contribution is 0.0465. The SMILES string of the molecule is Nc1cc(C(=O)OCc2c(F)cccc2F)ccc1Br. The van der Waals surface area contributed by atoms with E-state index in [1.165, 1.54) is 18.2 Å². The van der Waals surface area contributed by atoms with E-state index in [1.54, 1.807) is 6.07 Å². The largest absolute Gasteiger partial charge is 0.457 e. The first-order valence-electron chi connectivity index (χ1n) is 5.64. The van der Waals surface area contributed by atoms with Crippen LogP contribution >= 0.6 is 15.9 Å². The molecule has 0 unspecified atom stereocenters. The third kappa shape index (κ3) is 3.14. The maximum atomic E-state index is 13.4. The van der Waals surface area contributed by atoms with E-state index in [-0.39, 0.29) is 11.1 Å². The molecule has 2 rings (SSSR count). The Kier molecular flexibility index (Phi) is 4.34. The van der Waals surface area contributed by atoms with Crippen molar-refractivity contribution in [2.24, 2.45) is 0 Å². The molecule has 6 heteroatoms. The number of nitrogens with two attached hydrogens (primary N) is 1. The van der Waals surface area contributed by atoms with Gasteiger partial charge in [-0.15, -0.1) is 0 Å². The van der Waals surface area contributed by atoms with Gasteiger partial charge in [-0.3, -0.25) is 0 Å². The van der Waals surface area contributed by atoms with Crippen molar-refractivity contribution in [1.82, 2.24) is 0 Å². The summed E-state index contributed by atoms with van der Waals surface area (Å²) >= 11 is 3.20. The molecule has 0 amide bonds. The Morgan fingerprint density at radius 1 is 1.20 bits per heavy atom. The Morgan fingerprint density at radius 3 is 2.45 bits per heavy atom. The summed E-state index contributed by atoms with van der Waals surface area (Å²) in [4.78, 5) is 11.8. The van der Waals surface area contributed by atoms with Crippen molar-refractivity contribution < 1.29 is 18.3 Å². The molecule has 0 heterocycles. The molecule has 2 aromatic carbocycles. The highest BCUT2D eigenvalue weighted by Crippen LogP contribution is 2.21. The van der Waals surface area contributed by atoms with E-state index >= 15 is 0 Å². The van der Waals surface area contributed by atoms with E-state index in [4.69, 9.17) is 10.5 Å². The summed E-state index contributed by atoms with van der Waals surface area (Å²) < 4.78 is 32.3. The van der Waals surface area contributed by atoms with Crippen LogP contribution in [0.1, 0.15) is 15.9 Å². The van der Waals surface area contributed by atoms with Gasteiger partial charge in [-0.25, -0.2) is 13.6 Å². The zero-order valence-electron chi connectivity index (χ0n) is 10.2. The number of hydrogen-bond acceptors (Lipinski definition) is 3. The second-order valence-electron chi connectivity index (χ2n) is 4.01. The van der Waals surface area contributed by atoms with Crippen LogP contribution in [0.3, 0.4) is 0 Å². The Morgan fingerprint density at radius 2 is 1.85 bits per heavy atom. The number of nitrogen functional groups attached to an aromatic ring is 1. The summed E-state index contributed by atoms with van der Waals surface area (Å²) in [5, 5.41) is 0. The molecular formula is C14H10BrF2NO2. The molecular weight excluding hydrogens is 332 g/mol. The zero-order chi connectivity index (χ0) is 14.7. The molecule has 0 aliphatic carbocycles. The van der Waals surface area contributed by atoms with Crippen LogP contribution in [0.15, 0.2) is 40.9 Å². The van der Waals surface area contributed by atoms with E-state index in [9.17, 15) is 13.6 Å². The van der Waals surface area contributed by atoms with Gasteiger partial charge in [0.05, 0.1) is 11.1 Å². The van der Waals surface area contributed by atoms with Crippen molar-refractivity contribution in [3.63, 3.8) is 0 Å². The molecule has 0 atom stereocenters. The van der Waals surface area contributed by atoms with Crippen LogP contribution in [0.5, 0.6) is 0 Å². The minimum absolute atomic E-state index is 0.211. The van der Waals surface area contributed by atoms with Gasteiger partial charge in [0.1, 0.15) is 18.2 Å². The molecule has 20 heavy (non-hydrogen) atoms. The van der Waals surface area contributed by atoms with Gasteiger partial charge in [-0.1, -0.05) is 6.07 Å². The highest BCUT2D eigenvalue weighted by Gasteiger charge is 2.13. The van der Waals surface area contributed by atoms with Gasteiger partial charge in [-0.05, 0) is 46.3 Å². The molecule has 0 bridgehead atoms. The molecule has 0 aliphatic heterocycles. The van der Waals surface area contributed by atoms with Crippen molar-refractivity contribution in [2.45, 2.75) is 6.61 Å². The first-order valence-corrected chi connectivity index (χ1v) is 6.43. The average Bonchev–Trinajstić information content (AvgIpc) is 2.41. The summed E-state index contributed by atoms with van der Waals surface area (Å²) in [5.74, 6) is -2.21. The maximum Gasteiger partial charge on any atom is 0.338 e. The topological polar surface area (TPSA) is 52.3 Å². The number of carbonyl (C=O) groups is 1. The molecule has 0 radical (unpaired) electrons. The minimum Gasteiger partial charge on any atom is -0.457 e. The van der Waals surface area contributed by atoms with E-state index in [0.29, 0.717) is 10.2 Å². The molecule has 0 saturated heterocycles. The minimum atomic E-state index is -0.756. The summed E-state index contributed by atoms with van der Waals surface area (Å²) in [6.45, 7) is -0.479. The van der Waals surface area contributed by atoms with E-state index in [0.717, 1.165) is 12.1 Å². The van der Waals surface area contributed by atoms with Crippen molar-refractivity contribution >= 4 is 27.6 Å². The monoisotopic (exact) mass is 341 g/mol. The standard InChI is InChI=1S/C14H10BrF2NO2/c15-10-5-4-8(6-13(10)18)14(19)20-7-9-11(16)2-1-3-12(9)17/h1-6H,7,18H2. The fourth-order valence-electron chi connectivity index (χ4n) is 1.56. The molecule has 0 aliphatic rings. The third-order valence-electron chi connectivity index (χ3n) is 2.64. The number of hydrogen-bond donors (Lipinski definition) is 1.